The van der Waals surface area contributed by atoms with Crippen molar-refractivity contribution in [3.8, 4) is 0 Å². The minimum Gasteiger partial charge on any atom is -0.360 e. The number of carbonyl (C=O) groups is 2. The molecule has 0 saturated carbocycles. The van der Waals surface area contributed by atoms with Crippen LogP contribution in [0.2, 0.25) is 5.02 Å². The topological polar surface area (TPSA) is 65.9 Å². The van der Waals surface area contributed by atoms with E-state index in [9.17, 15) is 9.59 Å². The number of hydrogen-bond donors (Lipinski definition) is 3. The first-order valence-electron chi connectivity index (χ1n) is 8.19. The summed E-state index contributed by atoms with van der Waals surface area (Å²) in [4.78, 5) is 27.1. The van der Waals surface area contributed by atoms with E-state index in [-0.39, 0.29) is 11.4 Å². The van der Waals surface area contributed by atoms with Gasteiger partial charge in [0.05, 0.1) is 26.2 Å². The van der Waals surface area contributed by atoms with Gasteiger partial charge in [0, 0.05) is 16.2 Å². The Balaban J connectivity index is 1.76. The van der Waals surface area contributed by atoms with Crippen molar-refractivity contribution in [2.75, 3.05) is 37.6 Å². The minimum atomic E-state index is -0.440. The number of anilines is 1. The summed E-state index contributed by atoms with van der Waals surface area (Å²) in [5, 5.41) is 5.84. The lowest BCUT2D eigenvalue weighted by Gasteiger charge is -2.33. The van der Waals surface area contributed by atoms with E-state index in [1.165, 1.54) is 4.90 Å². The highest BCUT2D eigenvalue weighted by Gasteiger charge is 2.24. The Bertz CT molecular complexity index is 592. The van der Waals surface area contributed by atoms with Crippen LogP contribution in [0, 0.1) is 0 Å². The van der Waals surface area contributed by atoms with Gasteiger partial charge in [-0.25, -0.2) is 4.79 Å². The summed E-state index contributed by atoms with van der Waals surface area (Å²) >= 11 is 6.03. The van der Waals surface area contributed by atoms with Gasteiger partial charge in [0.2, 0.25) is 0 Å². The minimum absolute atomic E-state index is 0.247. The summed E-state index contributed by atoms with van der Waals surface area (Å²) in [6, 6.07) is 7.36. The third-order valence-electron chi connectivity index (χ3n) is 3.80. The van der Waals surface area contributed by atoms with Gasteiger partial charge in [-0.05, 0) is 39.0 Å². The molecule has 0 aliphatic carbocycles. The molecule has 1 aliphatic rings. The quantitative estimate of drug-likeness (QED) is 0.748. The van der Waals surface area contributed by atoms with Crippen molar-refractivity contribution in [1.29, 1.82) is 0 Å². The third kappa shape index (κ3) is 6.02. The maximum Gasteiger partial charge on any atom is 0.322 e. The van der Waals surface area contributed by atoms with Crippen LogP contribution in [0.25, 0.3) is 0 Å². The van der Waals surface area contributed by atoms with Crippen molar-refractivity contribution in [3.63, 3.8) is 0 Å². The number of benzene rings is 1. The molecule has 0 atom stereocenters. The monoisotopic (exact) mass is 353 g/mol. The largest absolute Gasteiger partial charge is 0.360 e. The van der Waals surface area contributed by atoms with Crippen molar-refractivity contribution >= 4 is 29.2 Å². The van der Waals surface area contributed by atoms with E-state index >= 15 is 0 Å². The Kier molecular flexibility index (Phi) is 6.07. The molecule has 1 aromatic rings. The predicted octanol–water partition coefficient (Wildman–Crippen LogP) is 0.669. The zero-order valence-electron chi connectivity index (χ0n) is 14.5. The molecule has 1 fully saturated rings. The van der Waals surface area contributed by atoms with Gasteiger partial charge in [0.15, 0.2) is 6.54 Å². The average molecular weight is 354 g/mol. The maximum absolute atomic E-state index is 12.0. The van der Waals surface area contributed by atoms with Crippen molar-refractivity contribution in [1.82, 2.24) is 10.6 Å². The van der Waals surface area contributed by atoms with Crippen molar-refractivity contribution in [2.24, 2.45) is 0 Å². The number of rotatable bonds is 3. The van der Waals surface area contributed by atoms with Crippen LogP contribution < -0.4 is 20.4 Å². The maximum atomic E-state index is 12.0. The summed E-state index contributed by atoms with van der Waals surface area (Å²) in [7, 11) is 0. The number of hydrogen-bond acceptors (Lipinski definition) is 3. The fourth-order valence-corrected chi connectivity index (χ4v) is 2.89. The van der Waals surface area contributed by atoms with Gasteiger partial charge in [-0.15, -0.1) is 0 Å². The van der Waals surface area contributed by atoms with Gasteiger partial charge >= 0.3 is 6.03 Å². The molecule has 1 aromatic carbocycles. The summed E-state index contributed by atoms with van der Waals surface area (Å²) in [5.74, 6) is -0.247. The summed E-state index contributed by atoms with van der Waals surface area (Å²) in [6.07, 6.45) is 0. The van der Waals surface area contributed by atoms with E-state index < -0.39 is 6.03 Å². The second-order valence-electron chi connectivity index (χ2n) is 7.15. The lowest BCUT2D eigenvalue weighted by Crippen LogP contribution is -3.16. The van der Waals surface area contributed by atoms with Crippen LogP contribution in [0.3, 0.4) is 0 Å². The van der Waals surface area contributed by atoms with E-state index in [1.54, 1.807) is 0 Å². The molecule has 3 N–H and O–H groups in total. The van der Waals surface area contributed by atoms with Crippen LogP contribution in [0.5, 0.6) is 0 Å². The fraction of sp³-hybridized carbons (Fsp3) is 0.529. The van der Waals surface area contributed by atoms with Crippen LogP contribution in [0.15, 0.2) is 24.3 Å². The number of nitrogens with one attached hydrogen (secondary N) is 3. The predicted molar refractivity (Wildman–Crippen MR) is 95.7 cm³/mol. The van der Waals surface area contributed by atoms with Crippen LogP contribution in [0.4, 0.5) is 10.5 Å². The lowest BCUT2D eigenvalue weighted by atomic mass is 10.1. The second kappa shape index (κ2) is 7.85. The van der Waals surface area contributed by atoms with Gasteiger partial charge < -0.3 is 15.1 Å². The van der Waals surface area contributed by atoms with Crippen LogP contribution in [0.1, 0.15) is 20.8 Å². The summed E-state index contributed by atoms with van der Waals surface area (Å²) in [5.41, 5.74) is 0.746. The van der Waals surface area contributed by atoms with Gasteiger partial charge in [-0.1, -0.05) is 17.7 Å². The summed E-state index contributed by atoms with van der Waals surface area (Å²) in [6.45, 7) is 9.34. The third-order valence-corrected chi connectivity index (χ3v) is 4.03. The van der Waals surface area contributed by atoms with E-state index in [1.807, 2.05) is 45.0 Å². The molecule has 0 spiro atoms. The zero-order valence-corrected chi connectivity index (χ0v) is 15.2. The second-order valence-corrected chi connectivity index (χ2v) is 7.58. The molecule has 6 nitrogen and oxygen atoms in total. The number of urea groups is 1. The fourth-order valence-electron chi connectivity index (χ4n) is 2.70. The standard InChI is InChI=1S/C17H25ClN4O2/c1-17(2,3)20-16(24)19-15(23)12-21-7-9-22(10-8-21)14-6-4-5-13(18)11-14/h4-6,11H,7-10,12H2,1-3H3,(H2,19,20,23,24)/p+1. The van der Waals surface area contributed by atoms with Crippen LogP contribution in [-0.4, -0.2) is 50.2 Å². The number of nitrogens with zero attached hydrogens (tertiary/aromatic N) is 1. The lowest BCUT2D eigenvalue weighted by molar-refractivity contribution is -0.892. The molecule has 1 aliphatic heterocycles. The molecular weight excluding hydrogens is 328 g/mol. The van der Waals surface area contributed by atoms with Crippen LogP contribution >= 0.6 is 11.6 Å². The molecule has 0 radical (unpaired) electrons. The highest BCUT2D eigenvalue weighted by Crippen LogP contribution is 2.19. The number of piperazine rings is 1. The highest BCUT2D eigenvalue weighted by molar-refractivity contribution is 6.30. The van der Waals surface area contributed by atoms with Gasteiger partial charge in [0.25, 0.3) is 5.91 Å². The number of imide groups is 1. The molecule has 0 unspecified atom stereocenters. The van der Waals surface area contributed by atoms with E-state index in [0.717, 1.165) is 36.9 Å². The SMILES string of the molecule is CC(C)(C)NC(=O)NC(=O)C[NH+]1CCN(c2cccc(Cl)c2)CC1. The first kappa shape index (κ1) is 18.5. The number of halogens is 1. The molecule has 7 heteroatoms. The van der Waals surface area contributed by atoms with Crippen molar-refractivity contribution in [2.45, 2.75) is 26.3 Å². The zero-order chi connectivity index (χ0) is 17.7. The number of quaternary nitrogens is 1. The average Bonchev–Trinajstić information content (AvgIpc) is 2.45. The van der Waals surface area contributed by atoms with Crippen molar-refractivity contribution < 1.29 is 14.5 Å². The molecule has 1 saturated heterocycles. The molecule has 3 amide bonds. The Hall–Kier alpha value is -1.79. The number of amides is 3. The smallest absolute Gasteiger partial charge is 0.322 e. The molecule has 0 aromatic heterocycles. The summed E-state index contributed by atoms with van der Waals surface area (Å²) < 4.78 is 0. The normalized spacial score (nSPS) is 15.9. The van der Waals surface area contributed by atoms with Gasteiger partial charge in [0.1, 0.15) is 0 Å². The molecule has 0 bridgehead atoms. The Morgan fingerprint density at radius 2 is 1.92 bits per heavy atom. The Morgan fingerprint density at radius 3 is 2.50 bits per heavy atom. The van der Waals surface area contributed by atoms with Crippen molar-refractivity contribution in [3.05, 3.63) is 29.3 Å². The van der Waals surface area contributed by atoms with E-state index in [2.05, 4.69) is 15.5 Å². The molecule has 24 heavy (non-hydrogen) atoms. The molecule has 132 valence electrons. The van der Waals surface area contributed by atoms with Gasteiger partial charge in [-0.3, -0.25) is 10.1 Å². The van der Waals surface area contributed by atoms with E-state index in [0.29, 0.717) is 6.54 Å². The highest BCUT2D eigenvalue weighted by atomic mass is 35.5. The Labute approximate surface area is 148 Å². The number of carbonyl (C=O) groups excluding carboxylic acids is 2. The van der Waals surface area contributed by atoms with Crippen LogP contribution in [-0.2, 0) is 4.79 Å². The first-order chi connectivity index (χ1) is 11.2. The van der Waals surface area contributed by atoms with Gasteiger partial charge in [-0.2, -0.15) is 0 Å². The molecule has 1 heterocycles. The molecular formula is C17H26ClN4O2+. The Morgan fingerprint density at radius 1 is 1.25 bits per heavy atom. The molecule has 2 rings (SSSR count). The van der Waals surface area contributed by atoms with E-state index in [4.69, 9.17) is 11.6 Å². The first-order valence-corrected chi connectivity index (χ1v) is 8.57.